The van der Waals surface area contributed by atoms with Crippen molar-refractivity contribution in [2.75, 3.05) is 12.4 Å². The van der Waals surface area contributed by atoms with E-state index < -0.39 is 33.2 Å². The number of halogens is 3. The van der Waals surface area contributed by atoms with E-state index in [-0.39, 0.29) is 10.5 Å². The van der Waals surface area contributed by atoms with E-state index in [0.29, 0.717) is 16.4 Å². The smallest absolute Gasteiger partial charge is 0.416 e. The number of nitrogens with one attached hydrogen (secondary N) is 1. The number of benzene rings is 3. The number of carbonyl (C=O) groups excluding carboxylic acids is 1. The second kappa shape index (κ2) is 11.2. The van der Waals surface area contributed by atoms with E-state index in [4.69, 9.17) is 4.74 Å². The van der Waals surface area contributed by atoms with Gasteiger partial charge in [0.1, 0.15) is 5.75 Å². The van der Waals surface area contributed by atoms with Crippen LogP contribution in [-0.2, 0) is 26.6 Å². The summed E-state index contributed by atoms with van der Waals surface area (Å²) in [5.74, 6) is -0.109. The molecule has 0 saturated carbocycles. The van der Waals surface area contributed by atoms with Crippen LogP contribution < -0.4 is 10.1 Å². The van der Waals surface area contributed by atoms with Gasteiger partial charge in [-0.3, -0.25) is 10.1 Å². The van der Waals surface area contributed by atoms with Gasteiger partial charge < -0.3 is 4.74 Å². The first-order chi connectivity index (χ1) is 18.0. The SMILES string of the molecule is COc1ccc(-c2csc(NC(=O)/C=C/c3ccc(S(=O)(=O)Cc4ccc(C(F)(F)F)cc4)cc3)n2)cc1. The van der Waals surface area contributed by atoms with E-state index in [1.54, 1.807) is 7.11 Å². The van der Waals surface area contributed by atoms with Crippen LogP contribution in [0.4, 0.5) is 18.3 Å². The van der Waals surface area contributed by atoms with Crippen molar-refractivity contribution in [2.45, 2.75) is 16.8 Å². The number of rotatable bonds is 8. The van der Waals surface area contributed by atoms with Crippen LogP contribution in [-0.4, -0.2) is 26.4 Å². The number of hydrogen-bond acceptors (Lipinski definition) is 6. The summed E-state index contributed by atoms with van der Waals surface area (Å²) in [5.41, 5.74) is 1.59. The molecule has 38 heavy (non-hydrogen) atoms. The number of thiazole rings is 1. The fraction of sp³-hybridized carbons (Fsp3) is 0.111. The van der Waals surface area contributed by atoms with Crippen molar-refractivity contribution in [3.8, 4) is 17.0 Å². The van der Waals surface area contributed by atoms with Crippen molar-refractivity contribution < 1.29 is 31.1 Å². The Balaban J connectivity index is 1.35. The molecule has 1 N–H and O–H groups in total. The Bertz CT molecular complexity index is 1540. The monoisotopic (exact) mass is 558 g/mol. The third kappa shape index (κ3) is 6.87. The van der Waals surface area contributed by atoms with Crippen LogP contribution in [0.25, 0.3) is 17.3 Å². The lowest BCUT2D eigenvalue weighted by molar-refractivity contribution is -0.137. The van der Waals surface area contributed by atoms with E-state index in [2.05, 4.69) is 10.3 Å². The minimum atomic E-state index is -4.49. The van der Waals surface area contributed by atoms with Crippen molar-refractivity contribution >= 4 is 38.3 Å². The molecule has 11 heteroatoms. The molecule has 4 aromatic rings. The molecule has 0 atom stereocenters. The fourth-order valence-corrected chi connectivity index (χ4v) is 5.49. The summed E-state index contributed by atoms with van der Waals surface area (Å²) in [7, 11) is -2.19. The zero-order valence-electron chi connectivity index (χ0n) is 19.9. The van der Waals surface area contributed by atoms with Crippen LogP contribution in [0.1, 0.15) is 16.7 Å². The number of amides is 1. The van der Waals surface area contributed by atoms with Gasteiger partial charge in [0.15, 0.2) is 15.0 Å². The van der Waals surface area contributed by atoms with Crippen LogP contribution in [0.2, 0.25) is 0 Å². The van der Waals surface area contributed by atoms with Gasteiger partial charge in [-0.05, 0) is 65.7 Å². The normalized spacial score (nSPS) is 12.0. The lowest BCUT2D eigenvalue weighted by atomic mass is 10.1. The molecular formula is C27H21F3N2O4S2. The Kier molecular flexibility index (Phi) is 7.98. The topological polar surface area (TPSA) is 85.4 Å². The molecule has 1 amide bonds. The lowest BCUT2D eigenvalue weighted by Gasteiger charge is -2.08. The summed E-state index contributed by atoms with van der Waals surface area (Å²) >= 11 is 1.28. The van der Waals surface area contributed by atoms with Crippen LogP contribution in [0.15, 0.2) is 89.1 Å². The highest BCUT2D eigenvalue weighted by Crippen LogP contribution is 2.30. The summed E-state index contributed by atoms with van der Waals surface area (Å²) in [6, 6.07) is 17.2. The Morgan fingerprint density at radius 2 is 1.66 bits per heavy atom. The van der Waals surface area contributed by atoms with Gasteiger partial charge in [-0.2, -0.15) is 13.2 Å². The number of alkyl halides is 3. The Morgan fingerprint density at radius 1 is 1.00 bits per heavy atom. The quantitative estimate of drug-likeness (QED) is 0.251. The predicted octanol–water partition coefficient (Wildman–Crippen LogP) is 6.46. The van der Waals surface area contributed by atoms with Crippen LogP contribution >= 0.6 is 11.3 Å². The van der Waals surface area contributed by atoms with Crippen molar-refractivity contribution in [3.63, 3.8) is 0 Å². The molecule has 0 fully saturated rings. The van der Waals surface area contributed by atoms with Crippen LogP contribution in [0, 0.1) is 0 Å². The number of methoxy groups -OCH3 is 1. The maximum Gasteiger partial charge on any atom is 0.416 e. The number of nitrogens with zero attached hydrogens (tertiary/aromatic N) is 1. The Hall–Kier alpha value is -3.96. The molecule has 0 radical (unpaired) electrons. The fourth-order valence-electron chi connectivity index (χ4n) is 3.42. The highest BCUT2D eigenvalue weighted by Gasteiger charge is 2.30. The molecule has 4 rings (SSSR count). The zero-order chi connectivity index (χ0) is 27.3. The van der Waals surface area contributed by atoms with Gasteiger partial charge in [0.05, 0.1) is 29.0 Å². The third-order valence-electron chi connectivity index (χ3n) is 5.42. The number of anilines is 1. The number of carbonyl (C=O) groups is 1. The molecule has 0 bridgehead atoms. The average Bonchev–Trinajstić information content (AvgIpc) is 3.35. The first kappa shape index (κ1) is 27.1. The molecule has 1 heterocycles. The van der Waals surface area contributed by atoms with Gasteiger partial charge in [-0.1, -0.05) is 24.3 Å². The standard InChI is InChI=1S/C27H21F3N2O4S2/c1-36-22-11-7-20(8-12-22)24-16-37-26(31-24)32-25(33)15-6-18-4-13-23(14-5-18)38(34,35)17-19-2-9-21(10-3-19)27(28,29)30/h2-16H,17H2,1H3,(H,31,32,33)/b15-6+. The lowest BCUT2D eigenvalue weighted by Crippen LogP contribution is -2.07. The van der Waals surface area contributed by atoms with Gasteiger partial charge in [0.25, 0.3) is 0 Å². The van der Waals surface area contributed by atoms with Crippen molar-refractivity contribution in [3.05, 3.63) is 101 Å². The minimum Gasteiger partial charge on any atom is -0.497 e. The molecule has 3 aromatic carbocycles. The van der Waals surface area contributed by atoms with E-state index in [9.17, 15) is 26.4 Å². The average molecular weight is 559 g/mol. The van der Waals surface area contributed by atoms with Gasteiger partial charge >= 0.3 is 6.18 Å². The largest absolute Gasteiger partial charge is 0.497 e. The van der Waals surface area contributed by atoms with Gasteiger partial charge in [0.2, 0.25) is 5.91 Å². The molecule has 0 spiro atoms. The molecule has 0 aliphatic rings. The van der Waals surface area contributed by atoms with Crippen LogP contribution in [0.3, 0.4) is 0 Å². The Labute approximate surface area is 221 Å². The van der Waals surface area contributed by atoms with Crippen molar-refractivity contribution in [2.24, 2.45) is 0 Å². The maximum absolute atomic E-state index is 12.7. The second-order valence-corrected chi connectivity index (χ2v) is 11.0. The minimum absolute atomic E-state index is 0.0212. The number of ether oxygens (including phenoxy) is 1. The molecule has 196 valence electrons. The third-order valence-corrected chi connectivity index (χ3v) is 7.89. The molecule has 0 saturated heterocycles. The van der Waals surface area contributed by atoms with E-state index in [1.165, 1.54) is 47.8 Å². The number of hydrogen-bond donors (Lipinski definition) is 1. The maximum atomic E-state index is 12.7. The summed E-state index contributed by atoms with van der Waals surface area (Å²) in [6.45, 7) is 0. The van der Waals surface area contributed by atoms with E-state index in [0.717, 1.165) is 35.6 Å². The summed E-state index contributed by atoms with van der Waals surface area (Å²) in [4.78, 5) is 16.7. The van der Waals surface area contributed by atoms with Gasteiger partial charge in [0, 0.05) is 17.0 Å². The summed E-state index contributed by atoms with van der Waals surface area (Å²) < 4.78 is 68.7. The number of aromatic nitrogens is 1. The highest BCUT2D eigenvalue weighted by molar-refractivity contribution is 7.90. The van der Waals surface area contributed by atoms with Crippen molar-refractivity contribution in [1.82, 2.24) is 4.98 Å². The van der Waals surface area contributed by atoms with Gasteiger partial charge in [-0.15, -0.1) is 11.3 Å². The first-order valence-electron chi connectivity index (χ1n) is 11.1. The van der Waals surface area contributed by atoms with E-state index >= 15 is 0 Å². The molecule has 6 nitrogen and oxygen atoms in total. The first-order valence-corrected chi connectivity index (χ1v) is 13.6. The van der Waals surface area contributed by atoms with Crippen molar-refractivity contribution in [1.29, 1.82) is 0 Å². The highest BCUT2D eigenvalue weighted by atomic mass is 32.2. The number of sulfone groups is 1. The summed E-state index contributed by atoms with van der Waals surface area (Å²) in [6.07, 6.45) is -1.65. The predicted molar refractivity (Wildman–Crippen MR) is 141 cm³/mol. The summed E-state index contributed by atoms with van der Waals surface area (Å²) in [5, 5.41) is 4.94. The molecule has 0 aliphatic heterocycles. The van der Waals surface area contributed by atoms with Crippen LogP contribution in [0.5, 0.6) is 5.75 Å². The van der Waals surface area contributed by atoms with Gasteiger partial charge in [-0.25, -0.2) is 13.4 Å². The van der Waals surface area contributed by atoms with E-state index in [1.807, 2.05) is 29.6 Å². The zero-order valence-corrected chi connectivity index (χ0v) is 21.5. The molecule has 0 unspecified atom stereocenters. The molecule has 0 aliphatic carbocycles. The molecular weight excluding hydrogens is 537 g/mol. The Morgan fingerprint density at radius 3 is 2.26 bits per heavy atom. The second-order valence-electron chi connectivity index (χ2n) is 8.11. The molecule has 1 aromatic heterocycles.